The molecule has 7 nitrogen and oxygen atoms in total. The predicted octanol–water partition coefficient (Wildman–Crippen LogP) is 5.07. The molecule has 2 saturated heterocycles. The zero-order valence-corrected chi connectivity index (χ0v) is 22.7. The molecule has 2 aromatic rings. The molecule has 4 unspecified atom stereocenters. The third kappa shape index (κ3) is 5.68. The van der Waals surface area contributed by atoms with Crippen LogP contribution in [0.15, 0.2) is 60.7 Å². The monoisotopic (exact) mass is 590 g/mol. The summed E-state index contributed by atoms with van der Waals surface area (Å²) in [6, 6.07) is 16.8. The van der Waals surface area contributed by atoms with Crippen LogP contribution in [-0.4, -0.2) is 61.4 Å². The van der Waals surface area contributed by atoms with Gasteiger partial charge in [-0.05, 0) is 18.1 Å². The number of esters is 1. The van der Waals surface area contributed by atoms with Gasteiger partial charge in [0.1, 0.15) is 24.1 Å². The van der Waals surface area contributed by atoms with Crippen LogP contribution in [0.3, 0.4) is 0 Å². The molecule has 4 atom stereocenters. The molecule has 0 aromatic heterocycles. The second-order valence-corrected chi connectivity index (χ2v) is 13.0. The molecule has 1 N–H and O–H groups in total. The number of alkyl halides is 4. The quantitative estimate of drug-likeness (QED) is 0.275. The van der Waals surface area contributed by atoms with E-state index in [0.29, 0.717) is 0 Å². The number of hydrogen-bond acceptors (Lipinski definition) is 6. The molecular weight excluding hydrogens is 570 g/mol. The summed E-state index contributed by atoms with van der Waals surface area (Å²) in [5.74, 6) is -0.967. The minimum atomic E-state index is -1.78. The molecule has 2 aliphatic heterocycles. The molecule has 2 fully saturated rings. The van der Waals surface area contributed by atoms with E-state index in [9.17, 15) is 14.4 Å². The van der Waals surface area contributed by atoms with Crippen LogP contribution in [0.25, 0.3) is 0 Å². The average molecular weight is 592 g/mol. The van der Waals surface area contributed by atoms with E-state index >= 15 is 0 Å². The molecule has 192 valence electrons. The predicted molar refractivity (Wildman–Crippen MR) is 141 cm³/mol. The van der Waals surface area contributed by atoms with Crippen molar-refractivity contribution in [2.75, 3.05) is 12.5 Å². The highest BCUT2D eigenvalue weighted by Gasteiger charge is 2.66. The summed E-state index contributed by atoms with van der Waals surface area (Å²) in [6.07, 6.45) is -1.59. The molecule has 0 aliphatic carbocycles. The number of fused-ring (bicyclic) bond motifs is 1. The van der Waals surface area contributed by atoms with E-state index in [-0.39, 0.29) is 5.88 Å². The van der Waals surface area contributed by atoms with Crippen molar-refractivity contribution in [2.45, 2.75) is 39.0 Å². The van der Waals surface area contributed by atoms with Crippen molar-refractivity contribution >= 4 is 76.1 Å². The number of halogens is 4. The highest BCUT2D eigenvalue weighted by molar-refractivity contribution is 8.01. The van der Waals surface area contributed by atoms with Gasteiger partial charge >= 0.3 is 12.1 Å². The molecular formula is C24H22Cl4N2O5S. The lowest BCUT2D eigenvalue weighted by Gasteiger charge is -2.43. The number of ether oxygens (including phenoxy) is 2. The highest BCUT2D eigenvalue weighted by Crippen LogP contribution is 2.52. The SMILES string of the molecule is CC1(CCl)SC2C(NC(=O)OCC(Cl)(Cl)Cl)C(=O)N2C1C(=O)OC(c1ccccc1)c1ccccc1. The van der Waals surface area contributed by atoms with Gasteiger partial charge in [-0.2, -0.15) is 0 Å². The van der Waals surface area contributed by atoms with Gasteiger partial charge < -0.3 is 19.7 Å². The topological polar surface area (TPSA) is 84.9 Å². The number of benzene rings is 2. The van der Waals surface area contributed by atoms with Gasteiger partial charge in [-0.15, -0.1) is 23.4 Å². The second-order valence-electron chi connectivity index (χ2n) is 8.55. The smallest absolute Gasteiger partial charge is 0.408 e. The molecule has 0 saturated carbocycles. The molecule has 2 aromatic carbocycles. The maximum Gasteiger partial charge on any atom is 0.408 e. The minimum absolute atomic E-state index is 0.0729. The Morgan fingerprint density at radius 2 is 1.64 bits per heavy atom. The number of hydrogen-bond donors (Lipinski definition) is 1. The fraction of sp³-hybridized carbons (Fsp3) is 0.375. The van der Waals surface area contributed by atoms with Crippen molar-refractivity contribution in [1.29, 1.82) is 0 Å². The van der Waals surface area contributed by atoms with E-state index in [1.807, 2.05) is 60.7 Å². The summed E-state index contributed by atoms with van der Waals surface area (Å²) in [5, 5.41) is 1.94. The first-order valence-corrected chi connectivity index (χ1v) is 13.5. The zero-order chi connectivity index (χ0) is 26.1. The van der Waals surface area contributed by atoms with E-state index in [4.69, 9.17) is 55.9 Å². The number of carbonyl (C=O) groups is 3. The summed E-state index contributed by atoms with van der Waals surface area (Å²) < 4.78 is 8.27. The lowest BCUT2D eigenvalue weighted by molar-refractivity contribution is -0.166. The van der Waals surface area contributed by atoms with Crippen LogP contribution in [-0.2, 0) is 19.1 Å². The average Bonchev–Trinajstić information content (AvgIpc) is 3.15. The summed E-state index contributed by atoms with van der Waals surface area (Å²) in [7, 11) is 0. The van der Waals surface area contributed by atoms with Crippen LogP contribution < -0.4 is 5.32 Å². The Morgan fingerprint density at radius 1 is 1.08 bits per heavy atom. The lowest BCUT2D eigenvalue weighted by Crippen LogP contribution is -2.71. The van der Waals surface area contributed by atoms with Crippen molar-refractivity contribution in [2.24, 2.45) is 0 Å². The Hall–Kier alpha value is -1.84. The van der Waals surface area contributed by atoms with Crippen LogP contribution in [0.4, 0.5) is 4.79 Å². The molecule has 2 amide bonds. The third-order valence-electron chi connectivity index (χ3n) is 5.89. The largest absolute Gasteiger partial charge is 0.451 e. The van der Waals surface area contributed by atoms with Crippen LogP contribution in [0, 0.1) is 0 Å². The number of rotatable bonds is 7. The summed E-state index contributed by atoms with van der Waals surface area (Å²) in [4.78, 5) is 40.2. The Balaban J connectivity index is 1.52. The van der Waals surface area contributed by atoms with Gasteiger partial charge in [0, 0.05) is 5.88 Å². The highest BCUT2D eigenvalue weighted by atomic mass is 35.6. The van der Waals surface area contributed by atoms with Crippen LogP contribution >= 0.6 is 58.2 Å². The maximum absolute atomic E-state index is 13.6. The molecule has 2 heterocycles. The van der Waals surface area contributed by atoms with E-state index in [1.54, 1.807) is 6.92 Å². The lowest BCUT2D eigenvalue weighted by atomic mass is 9.95. The summed E-state index contributed by atoms with van der Waals surface area (Å²) in [6.45, 7) is 1.31. The number of carbonyl (C=O) groups excluding carboxylic acids is 3. The molecule has 0 bridgehead atoms. The number of nitrogens with one attached hydrogen (secondary N) is 1. The van der Waals surface area contributed by atoms with Gasteiger partial charge in [-0.1, -0.05) is 95.5 Å². The standard InChI is InChI=1S/C24H22Cl4N2O5S/c1-23(12-25)18(30-19(31)16(20(30)36-23)29-22(33)34-13-24(26,27)28)21(32)35-17(14-8-4-2-5-9-14)15-10-6-3-7-11-15/h2-11,16-18,20H,12-13H2,1H3,(H,29,33). The van der Waals surface area contributed by atoms with Gasteiger partial charge in [-0.25, -0.2) is 9.59 Å². The summed E-state index contributed by atoms with van der Waals surface area (Å²) in [5.41, 5.74) is 1.58. The zero-order valence-electron chi connectivity index (χ0n) is 18.9. The molecule has 0 spiro atoms. The Bertz CT molecular complexity index is 1080. The molecule has 36 heavy (non-hydrogen) atoms. The van der Waals surface area contributed by atoms with Crippen molar-refractivity contribution in [1.82, 2.24) is 10.2 Å². The van der Waals surface area contributed by atoms with E-state index < -0.39 is 56.7 Å². The Morgan fingerprint density at radius 3 is 2.14 bits per heavy atom. The third-order valence-corrected chi connectivity index (χ3v) is 8.58. The van der Waals surface area contributed by atoms with Crippen molar-refractivity contribution in [3.8, 4) is 0 Å². The molecule has 0 radical (unpaired) electrons. The molecule has 4 rings (SSSR count). The fourth-order valence-corrected chi connectivity index (χ4v) is 6.31. The number of nitrogens with zero attached hydrogens (tertiary/aromatic N) is 1. The van der Waals surface area contributed by atoms with Gasteiger partial charge in [0.05, 0.1) is 4.75 Å². The first kappa shape index (κ1) is 27.2. The van der Waals surface area contributed by atoms with Gasteiger partial charge in [0.15, 0.2) is 6.10 Å². The second kappa shape index (κ2) is 10.9. The van der Waals surface area contributed by atoms with Crippen LogP contribution in [0.5, 0.6) is 0 Å². The van der Waals surface area contributed by atoms with Crippen LogP contribution in [0.2, 0.25) is 0 Å². The number of β-lactam (4-membered cyclic amide) rings is 1. The first-order valence-electron chi connectivity index (χ1n) is 10.9. The maximum atomic E-state index is 13.6. The van der Waals surface area contributed by atoms with Gasteiger partial charge in [-0.3, -0.25) is 4.79 Å². The Labute approximate surface area is 232 Å². The normalized spacial score (nSPS) is 25.2. The van der Waals surface area contributed by atoms with Crippen molar-refractivity contribution in [3.63, 3.8) is 0 Å². The Kier molecular flexibility index (Phi) is 8.22. The van der Waals surface area contributed by atoms with E-state index in [2.05, 4.69) is 5.32 Å². The fourth-order valence-electron chi connectivity index (χ4n) is 4.20. The number of thioether (sulfide) groups is 1. The minimum Gasteiger partial charge on any atom is -0.451 e. The molecule has 2 aliphatic rings. The number of alkyl carbamates (subject to hydrolysis) is 1. The van der Waals surface area contributed by atoms with Crippen LogP contribution in [0.1, 0.15) is 24.2 Å². The molecule has 12 heteroatoms. The number of amides is 2. The first-order chi connectivity index (χ1) is 17.0. The van der Waals surface area contributed by atoms with Gasteiger partial charge in [0.25, 0.3) is 0 Å². The van der Waals surface area contributed by atoms with Crippen molar-refractivity contribution in [3.05, 3.63) is 71.8 Å². The van der Waals surface area contributed by atoms with E-state index in [0.717, 1.165) is 11.1 Å². The van der Waals surface area contributed by atoms with E-state index in [1.165, 1.54) is 16.7 Å². The summed E-state index contributed by atoms with van der Waals surface area (Å²) >= 11 is 24.4. The van der Waals surface area contributed by atoms with Crippen molar-refractivity contribution < 1.29 is 23.9 Å². The van der Waals surface area contributed by atoms with Gasteiger partial charge in [0.2, 0.25) is 9.70 Å².